The van der Waals surface area contributed by atoms with E-state index in [1.165, 1.54) is 6.08 Å². The number of rotatable bonds is 4. The number of ether oxygens (including phenoxy) is 1. The van der Waals surface area contributed by atoms with Gasteiger partial charge in [0, 0.05) is 11.3 Å². The van der Waals surface area contributed by atoms with Crippen molar-refractivity contribution in [3.63, 3.8) is 0 Å². The van der Waals surface area contributed by atoms with Gasteiger partial charge in [-0.1, -0.05) is 18.2 Å². The van der Waals surface area contributed by atoms with Gasteiger partial charge in [0.25, 0.3) is 0 Å². The monoisotopic (exact) mass is 295 g/mol. The van der Waals surface area contributed by atoms with Gasteiger partial charge in [-0.05, 0) is 39.0 Å². The van der Waals surface area contributed by atoms with Crippen molar-refractivity contribution in [1.29, 1.82) is 5.26 Å². The Morgan fingerprint density at radius 2 is 2.05 bits per heavy atom. The number of aromatic nitrogens is 2. The quantitative estimate of drug-likeness (QED) is 0.494. The van der Waals surface area contributed by atoms with Crippen LogP contribution in [-0.2, 0) is 9.53 Å². The van der Waals surface area contributed by atoms with Crippen molar-refractivity contribution in [3.8, 4) is 11.8 Å². The molecule has 5 nitrogen and oxygen atoms in total. The van der Waals surface area contributed by atoms with Crippen molar-refractivity contribution in [3.05, 3.63) is 52.9 Å². The minimum absolute atomic E-state index is 0.0272. The Labute approximate surface area is 129 Å². The molecule has 5 heteroatoms. The Kier molecular flexibility index (Phi) is 4.74. The highest BCUT2D eigenvalue weighted by Gasteiger charge is 2.15. The van der Waals surface area contributed by atoms with Crippen LogP contribution in [0.3, 0.4) is 0 Å². The van der Waals surface area contributed by atoms with Crippen molar-refractivity contribution < 1.29 is 9.53 Å². The lowest BCUT2D eigenvalue weighted by molar-refractivity contribution is -0.137. The lowest BCUT2D eigenvalue weighted by Gasteiger charge is -2.04. The standard InChI is InChI=1S/C17H17N3O2/c1-4-22-17(21)14(11-18)10-16-12(2)19-20(13(16)3)15-8-6-5-7-9-15/h5-10H,4H2,1-3H3. The number of nitriles is 1. The molecular weight excluding hydrogens is 278 g/mol. The van der Waals surface area contributed by atoms with Crippen LogP contribution in [0.2, 0.25) is 0 Å². The van der Waals surface area contributed by atoms with Gasteiger partial charge in [0.15, 0.2) is 0 Å². The van der Waals surface area contributed by atoms with Gasteiger partial charge in [-0.25, -0.2) is 9.48 Å². The molecule has 0 atom stereocenters. The molecule has 0 N–H and O–H groups in total. The average Bonchev–Trinajstić information content (AvgIpc) is 2.81. The summed E-state index contributed by atoms with van der Waals surface area (Å²) in [6.45, 7) is 5.69. The summed E-state index contributed by atoms with van der Waals surface area (Å²) in [6, 6.07) is 11.6. The van der Waals surface area contributed by atoms with Gasteiger partial charge in [-0.15, -0.1) is 0 Å². The molecule has 0 amide bonds. The van der Waals surface area contributed by atoms with E-state index in [4.69, 9.17) is 10.00 Å². The van der Waals surface area contributed by atoms with Crippen molar-refractivity contribution in [2.45, 2.75) is 20.8 Å². The lowest BCUT2D eigenvalue weighted by atomic mass is 10.1. The molecule has 2 rings (SSSR count). The average molecular weight is 295 g/mol. The molecule has 2 aromatic rings. The first-order valence-electron chi connectivity index (χ1n) is 6.99. The molecule has 0 aliphatic rings. The maximum atomic E-state index is 11.7. The number of para-hydroxylation sites is 1. The maximum absolute atomic E-state index is 11.7. The first-order valence-corrected chi connectivity index (χ1v) is 6.99. The van der Waals surface area contributed by atoms with Gasteiger partial charge in [0.1, 0.15) is 11.6 Å². The van der Waals surface area contributed by atoms with Gasteiger partial charge in [-0.3, -0.25) is 0 Å². The van der Waals surface area contributed by atoms with Crippen molar-refractivity contribution in [2.75, 3.05) is 6.61 Å². The van der Waals surface area contributed by atoms with E-state index in [9.17, 15) is 4.79 Å². The van der Waals surface area contributed by atoms with Crippen molar-refractivity contribution in [1.82, 2.24) is 9.78 Å². The summed E-state index contributed by atoms with van der Waals surface area (Å²) in [5, 5.41) is 13.6. The fraction of sp³-hybridized carbons (Fsp3) is 0.235. The zero-order chi connectivity index (χ0) is 16.1. The highest BCUT2D eigenvalue weighted by atomic mass is 16.5. The van der Waals surface area contributed by atoms with Crippen LogP contribution in [0, 0.1) is 25.2 Å². The Morgan fingerprint density at radius 1 is 1.36 bits per heavy atom. The summed E-state index contributed by atoms with van der Waals surface area (Å²) in [7, 11) is 0. The minimum atomic E-state index is -0.615. The van der Waals surface area contributed by atoms with E-state index in [1.54, 1.807) is 11.6 Å². The molecular formula is C17H17N3O2. The first-order chi connectivity index (χ1) is 10.6. The summed E-state index contributed by atoms with van der Waals surface area (Å²) in [5.41, 5.74) is 3.27. The van der Waals surface area contributed by atoms with Crippen molar-refractivity contribution >= 4 is 12.0 Å². The van der Waals surface area contributed by atoms with Crippen LogP contribution in [0.1, 0.15) is 23.9 Å². The third-order valence-corrected chi connectivity index (χ3v) is 3.25. The van der Waals surface area contributed by atoms with Crippen LogP contribution in [0.25, 0.3) is 11.8 Å². The Morgan fingerprint density at radius 3 is 2.64 bits per heavy atom. The third-order valence-electron chi connectivity index (χ3n) is 3.25. The van der Waals surface area contributed by atoms with Gasteiger partial charge in [0.05, 0.1) is 18.0 Å². The molecule has 1 aromatic carbocycles. The molecule has 1 heterocycles. The fourth-order valence-corrected chi connectivity index (χ4v) is 2.17. The van der Waals surface area contributed by atoms with E-state index >= 15 is 0 Å². The highest BCUT2D eigenvalue weighted by molar-refractivity contribution is 5.98. The Hall–Kier alpha value is -2.87. The predicted octanol–water partition coefficient (Wildman–Crippen LogP) is 2.96. The zero-order valence-electron chi connectivity index (χ0n) is 12.8. The second kappa shape index (κ2) is 6.72. The molecule has 0 radical (unpaired) electrons. The molecule has 0 bridgehead atoms. The topological polar surface area (TPSA) is 67.9 Å². The number of carbonyl (C=O) groups is 1. The Balaban J connectivity index is 2.47. The van der Waals surface area contributed by atoms with E-state index < -0.39 is 5.97 Å². The maximum Gasteiger partial charge on any atom is 0.348 e. The first kappa shape index (κ1) is 15.5. The van der Waals surface area contributed by atoms with E-state index in [2.05, 4.69) is 5.10 Å². The molecule has 0 fully saturated rings. The number of aryl methyl sites for hydroxylation is 1. The largest absolute Gasteiger partial charge is 0.462 e. The van der Waals surface area contributed by atoms with Crippen LogP contribution in [0.15, 0.2) is 35.9 Å². The molecule has 22 heavy (non-hydrogen) atoms. The normalized spacial score (nSPS) is 11.1. The van der Waals surface area contributed by atoms with E-state index in [-0.39, 0.29) is 12.2 Å². The van der Waals surface area contributed by atoms with Crippen LogP contribution in [0.5, 0.6) is 0 Å². The lowest BCUT2D eigenvalue weighted by Crippen LogP contribution is -2.06. The number of esters is 1. The molecule has 0 unspecified atom stereocenters. The van der Waals surface area contributed by atoms with Gasteiger partial charge in [0.2, 0.25) is 0 Å². The van der Waals surface area contributed by atoms with E-state index in [0.29, 0.717) is 0 Å². The minimum Gasteiger partial charge on any atom is -0.462 e. The molecule has 0 saturated carbocycles. The molecule has 0 spiro atoms. The van der Waals surface area contributed by atoms with Crippen LogP contribution < -0.4 is 0 Å². The number of hydrogen-bond acceptors (Lipinski definition) is 4. The summed E-state index contributed by atoms with van der Waals surface area (Å²) in [5.74, 6) is -0.615. The number of nitrogens with zero attached hydrogens (tertiary/aromatic N) is 3. The number of carbonyl (C=O) groups excluding carboxylic acids is 1. The van der Waals surface area contributed by atoms with Gasteiger partial charge < -0.3 is 4.74 Å². The van der Waals surface area contributed by atoms with Crippen LogP contribution in [0.4, 0.5) is 0 Å². The summed E-state index contributed by atoms with van der Waals surface area (Å²) in [4.78, 5) is 11.7. The number of hydrogen-bond donors (Lipinski definition) is 0. The third kappa shape index (κ3) is 3.07. The van der Waals surface area contributed by atoms with Crippen molar-refractivity contribution in [2.24, 2.45) is 0 Å². The summed E-state index contributed by atoms with van der Waals surface area (Å²) in [6.07, 6.45) is 1.54. The van der Waals surface area contributed by atoms with Gasteiger partial charge in [-0.2, -0.15) is 10.4 Å². The van der Waals surface area contributed by atoms with E-state index in [0.717, 1.165) is 22.6 Å². The highest BCUT2D eigenvalue weighted by Crippen LogP contribution is 2.20. The Bertz CT molecular complexity index is 752. The van der Waals surface area contributed by atoms with Crippen LogP contribution in [-0.4, -0.2) is 22.4 Å². The second-order valence-electron chi connectivity index (χ2n) is 4.72. The fourth-order valence-electron chi connectivity index (χ4n) is 2.17. The SMILES string of the molecule is CCOC(=O)C(C#N)=Cc1c(C)nn(-c2ccccc2)c1C. The smallest absolute Gasteiger partial charge is 0.348 e. The molecule has 112 valence electrons. The predicted molar refractivity (Wildman–Crippen MR) is 83.3 cm³/mol. The van der Waals surface area contributed by atoms with Crippen LogP contribution >= 0.6 is 0 Å². The zero-order valence-corrected chi connectivity index (χ0v) is 12.8. The summed E-state index contributed by atoms with van der Waals surface area (Å²) < 4.78 is 6.67. The van der Waals surface area contributed by atoms with E-state index in [1.807, 2.05) is 50.2 Å². The molecule has 0 aliphatic heterocycles. The summed E-state index contributed by atoms with van der Waals surface area (Å²) >= 11 is 0. The molecule has 0 aliphatic carbocycles. The number of benzene rings is 1. The van der Waals surface area contributed by atoms with Gasteiger partial charge >= 0.3 is 5.97 Å². The second-order valence-corrected chi connectivity index (χ2v) is 4.72. The molecule has 1 aromatic heterocycles. The molecule has 0 saturated heterocycles.